The van der Waals surface area contributed by atoms with E-state index in [1.165, 1.54) is 6.07 Å². The molecule has 0 unspecified atom stereocenters. The molecule has 0 saturated carbocycles. The monoisotopic (exact) mass is 354 g/mol. The number of hydrogen-bond acceptors (Lipinski definition) is 4. The zero-order chi connectivity index (χ0) is 19.4. The van der Waals surface area contributed by atoms with Crippen LogP contribution in [0, 0.1) is 20.8 Å². The smallest absolute Gasteiger partial charge is 0.338 e. The summed E-state index contributed by atoms with van der Waals surface area (Å²) >= 11 is 0. The topological polar surface area (TPSA) is 98.5 Å². The summed E-state index contributed by atoms with van der Waals surface area (Å²) in [4.78, 5) is 36.9. The molecule has 6 nitrogen and oxygen atoms in total. The lowest BCUT2D eigenvalue weighted by molar-refractivity contribution is 0.0524. The molecule has 2 rings (SSSR count). The van der Waals surface area contributed by atoms with Gasteiger partial charge in [0.25, 0.3) is 5.91 Å². The van der Waals surface area contributed by atoms with Gasteiger partial charge in [0.15, 0.2) is 0 Å². The molecule has 0 fully saturated rings. The highest BCUT2D eigenvalue weighted by atomic mass is 16.5. The normalized spacial score (nSPS) is 10.3. The fourth-order valence-corrected chi connectivity index (χ4v) is 2.82. The molecule has 0 aliphatic carbocycles. The summed E-state index contributed by atoms with van der Waals surface area (Å²) in [6.07, 6.45) is 0. The molecule has 0 radical (unpaired) electrons. The number of nitrogens with two attached hydrogens (primary N) is 1. The first-order valence-electron chi connectivity index (χ1n) is 8.25. The van der Waals surface area contributed by atoms with Crippen molar-refractivity contribution in [3.8, 4) is 0 Å². The van der Waals surface area contributed by atoms with Crippen molar-refractivity contribution in [3.05, 3.63) is 63.7 Å². The lowest BCUT2D eigenvalue weighted by atomic mass is 9.91. The van der Waals surface area contributed by atoms with Gasteiger partial charge in [0, 0.05) is 5.69 Å². The molecule has 0 heterocycles. The molecule has 0 spiro atoms. The van der Waals surface area contributed by atoms with E-state index in [9.17, 15) is 14.4 Å². The van der Waals surface area contributed by atoms with Gasteiger partial charge in [0.2, 0.25) is 5.91 Å². The maximum atomic E-state index is 12.8. The van der Waals surface area contributed by atoms with Gasteiger partial charge >= 0.3 is 5.97 Å². The van der Waals surface area contributed by atoms with Crippen LogP contribution in [-0.2, 0) is 4.74 Å². The molecule has 0 aliphatic heterocycles. The lowest BCUT2D eigenvalue weighted by Gasteiger charge is -2.16. The molecule has 26 heavy (non-hydrogen) atoms. The van der Waals surface area contributed by atoms with Gasteiger partial charge in [0.05, 0.1) is 23.3 Å². The van der Waals surface area contributed by atoms with Gasteiger partial charge in [0.1, 0.15) is 0 Å². The molecular formula is C20H22N2O4. The second-order valence-corrected chi connectivity index (χ2v) is 6.02. The van der Waals surface area contributed by atoms with Crippen LogP contribution in [0.2, 0.25) is 0 Å². The average Bonchev–Trinajstić information content (AvgIpc) is 2.56. The summed E-state index contributed by atoms with van der Waals surface area (Å²) in [6, 6.07) is 8.68. The Labute approximate surface area is 152 Å². The maximum absolute atomic E-state index is 12.8. The number of carbonyl (C=O) groups is 3. The molecule has 0 aromatic heterocycles. The van der Waals surface area contributed by atoms with E-state index >= 15 is 0 Å². The zero-order valence-electron chi connectivity index (χ0n) is 15.3. The molecule has 2 aromatic carbocycles. The molecular weight excluding hydrogens is 332 g/mol. The summed E-state index contributed by atoms with van der Waals surface area (Å²) in [7, 11) is 0. The predicted molar refractivity (Wildman–Crippen MR) is 99.5 cm³/mol. The van der Waals surface area contributed by atoms with E-state index < -0.39 is 17.8 Å². The second-order valence-electron chi connectivity index (χ2n) is 6.02. The number of rotatable bonds is 5. The van der Waals surface area contributed by atoms with E-state index in [1.54, 1.807) is 32.9 Å². The summed E-state index contributed by atoms with van der Waals surface area (Å²) in [6.45, 7) is 7.13. The minimum absolute atomic E-state index is 0.0673. The van der Waals surface area contributed by atoms with Gasteiger partial charge in [-0.25, -0.2) is 4.79 Å². The number of primary amides is 1. The van der Waals surface area contributed by atoms with E-state index in [1.807, 2.05) is 19.1 Å². The molecule has 0 saturated heterocycles. The Morgan fingerprint density at radius 2 is 1.65 bits per heavy atom. The molecule has 6 heteroatoms. The van der Waals surface area contributed by atoms with Gasteiger partial charge < -0.3 is 15.8 Å². The third kappa shape index (κ3) is 3.91. The number of anilines is 1. The predicted octanol–water partition coefficient (Wildman–Crippen LogP) is 3.14. The van der Waals surface area contributed by atoms with E-state index in [-0.39, 0.29) is 23.3 Å². The van der Waals surface area contributed by atoms with Crippen molar-refractivity contribution in [1.29, 1.82) is 0 Å². The first-order chi connectivity index (χ1) is 12.3. The summed E-state index contributed by atoms with van der Waals surface area (Å²) < 4.78 is 5.07. The third-order valence-corrected chi connectivity index (χ3v) is 4.06. The lowest BCUT2D eigenvalue weighted by Crippen LogP contribution is -2.24. The van der Waals surface area contributed by atoms with Crippen molar-refractivity contribution >= 4 is 23.5 Å². The van der Waals surface area contributed by atoms with Crippen LogP contribution < -0.4 is 11.1 Å². The fraction of sp³-hybridized carbons (Fsp3) is 0.250. The van der Waals surface area contributed by atoms with Gasteiger partial charge in [-0.2, -0.15) is 0 Å². The number of amides is 2. The first kappa shape index (κ1) is 19.2. The van der Waals surface area contributed by atoms with Crippen LogP contribution in [0.15, 0.2) is 30.3 Å². The Balaban J connectivity index is 2.55. The van der Waals surface area contributed by atoms with Crippen LogP contribution in [-0.4, -0.2) is 24.4 Å². The van der Waals surface area contributed by atoms with Crippen LogP contribution in [0.1, 0.15) is 54.7 Å². The molecule has 2 amide bonds. The van der Waals surface area contributed by atoms with Gasteiger partial charge in [-0.15, -0.1) is 0 Å². The van der Waals surface area contributed by atoms with Gasteiger partial charge in [-0.3, -0.25) is 9.59 Å². The number of benzene rings is 2. The Bertz CT molecular complexity index is 870. The highest BCUT2D eigenvalue weighted by Crippen LogP contribution is 2.25. The van der Waals surface area contributed by atoms with Crippen molar-refractivity contribution in [1.82, 2.24) is 0 Å². The van der Waals surface area contributed by atoms with Crippen molar-refractivity contribution in [2.24, 2.45) is 5.73 Å². The van der Waals surface area contributed by atoms with Crippen LogP contribution in [0.4, 0.5) is 5.69 Å². The minimum atomic E-state index is -0.735. The SMILES string of the molecule is CCOC(=O)c1c(C)cc(C(N)=O)c(C(=O)Nc2ccc(C)cc2)c1C. The minimum Gasteiger partial charge on any atom is -0.462 e. The van der Waals surface area contributed by atoms with Crippen LogP contribution in [0.5, 0.6) is 0 Å². The maximum Gasteiger partial charge on any atom is 0.338 e. The van der Waals surface area contributed by atoms with Crippen molar-refractivity contribution in [2.45, 2.75) is 27.7 Å². The Morgan fingerprint density at radius 1 is 1.04 bits per heavy atom. The van der Waals surface area contributed by atoms with Crippen molar-refractivity contribution in [3.63, 3.8) is 0 Å². The van der Waals surface area contributed by atoms with Gasteiger partial charge in [-0.1, -0.05) is 17.7 Å². The first-order valence-corrected chi connectivity index (χ1v) is 8.25. The molecule has 0 bridgehead atoms. The fourth-order valence-electron chi connectivity index (χ4n) is 2.82. The Hall–Kier alpha value is -3.15. The Morgan fingerprint density at radius 3 is 2.19 bits per heavy atom. The number of hydrogen-bond donors (Lipinski definition) is 2. The molecule has 0 atom stereocenters. The number of aryl methyl sites for hydroxylation is 2. The van der Waals surface area contributed by atoms with E-state index in [0.29, 0.717) is 16.8 Å². The quantitative estimate of drug-likeness (QED) is 0.806. The van der Waals surface area contributed by atoms with Gasteiger partial charge in [-0.05, 0) is 57.0 Å². The third-order valence-electron chi connectivity index (χ3n) is 4.06. The van der Waals surface area contributed by atoms with Crippen LogP contribution >= 0.6 is 0 Å². The number of nitrogens with one attached hydrogen (secondary N) is 1. The molecule has 136 valence electrons. The number of carbonyl (C=O) groups excluding carboxylic acids is 3. The summed E-state index contributed by atoms with van der Waals surface area (Å²) in [5, 5.41) is 2.74. The highest BCUT2D eigenvalue weighted by molar-refractivity contribution is 6.14. The van der Waals surface area contributed by atoms with Crippen LogP contribution in [0.3, 0.4) is 0 Å². The Kier molecular flexibility index (Phi) is 5.77. The van der Waals surface area contributed by atoms with E-state index in [4.69, 9.17) is 10.5 Å². The summed E-state index contributed by atoms with van der Waals surface area (Å²) in [5.74, 6) is -1.78. The molecule has 3 N–H and O–H groups in total. The van der Waals surface area contributed by atoms with Crippen molar-refractivity contribution in [2.75, 3.05) is 11.9 Å². The standard InChI is InChI=1S/C20H22N2O4/c1-5-26-20(25)16-12(3)10-15(18(21)23)17(13(16)4)19(24)22-14-8-6-11(2)7-9-14/h6-10H,5H2,1-4H3,(H2,21,23)(H,22,24). The molecule has 0 aliphatic rings. The number of ether oxygens (including phenoxy) is 1. The van der Waals surface area contributed by atoms with Crippen LogP contribution in [0.25, 0.3) is 0 Å². The van der Waals surface area contributed by atoms with E-state index in [2.05, 4.69) is 5.32 Å². The second kappa shape index (κ2) is 7.82. The number of esters is 1. The van der Waals surface area contributed by atoms with Crippen molar-refractivity contribution < 1.29 is 19.1 Å². The highest BCUT2D eigenvalue weighted by Gasteiger charge is 2.25. The zero-order valence-corrected chi connectivity index (χ0v) is 15.3. The largest absolute Gasteiger partial charge is 0.462 e. The summed E-state index contributed by atoms with van der Waals surface area (Å²) in [5.41, 5.74) is 8.39. The van der Waals surface area contributed by atoms with E-state index in [0.717, 1.165) is 5.56 Å². The molecule has 2 aromatic rings. The average molecular weight is 354 g/mol.